The van der Waals surface area contributed by atoms with Crippen molar-refractivity contribution in [3.8, 4) is 5.75 Å². The first kappa shape index (κ1) is 21.6. The molecule has 0 saturated carbocycles. The van der Waals surface area contributed by atoms with Crippen molar-refractivity contribution in [2.45, 2.75) is 11.7 Å². The Morgan fingerprint density at radius 1 is 1.09 bits per heavy atom. The van der Waals surface area contributed by atoms with E-state index < -0.39 is 0 Å². The second-order valence-corrected chi connectivity index (χ2v) is 8.20. The highest BCUT2D eigenvalue weighted by Crippen LogP contribution is 2.24. The Labute approximate surface area is 189 Å². The van der Waals surface area contributed by atoms with Gasteiger partial charge in [-0.1, -0.05) is 36.0 Å². The van der Waals surface area contributed by atoms with Crippen LogP contribution in [0.15, 0.2) is 59.9 Å². The Hall–Kier alpha value is -3.59. The van der Waals surface area contributed by atoms with Gasteiger partial charge in [-0.25, -0.2) is 0 Å². The van der Waals surface area contributed by atoms with Gasteiger partial charge in [0.25, 0.3) is 5.91 Å². The molecule has 9 heteroatoms. The van der Waals surface area contributed by atoms with Crippen molar-refractivity contribution in [1.29, 1.82) is 0 Å². The number of amides is 1. The van der Waals surface area contributed by atoms with Gasteiger partial charge in [0.2, 0.25) is 0 Å². The summed E-state index contributed by atoms with van der Waals surface area (Å²) in [5.74, 6) is 1.26. The minimum atomic E-state index is -0.229. The second-order valence-electron chi connectivity index (χ2n) is 7.26. The zero-order chi connectivity index (χ0) is 22.7. The number of ether oxygens (including phenoxy) is 1. The molecule has 0 aliphatic rings. The molecule has 4 rings (SSSR count). The molecule has 1 N–H and O–H groups in total. The largest absolute Gasteiger partial charge is 0.497 e. The number of hydrogen-bond donors (Lipinski definition) is 1. The van der Waals surface area contributed by atoms with Crippen LogP contribution in [0.2, 0.25) is 0 Å². The third-order valence-electron chi connectivity index (χ3n) is 5.19. The third-order valence-corrected chi connectivity index (χ3v) is 6.21. The van der Waals surface area contributed by atoms with Gasteiger partial charge in [0.15, 0.2) is 16.8 Å². The predicted molar refractivity (Wildman–Crippen MR) is 123 cm³/mol. The minimum Gasteiger partial charge on any atom is -0.497 e. The molecule has 0 radical (unpaired) electrons. The summed E-state index contributed by atoms with van der Waals surface area (Å²) in [4.78, 5) is 25.2. The fourth-order valence-electron chi connectivity index (χ4n) is 3.42. The lowest BCUT2D eigenvalue weighted by molar-refractivity contribution is 0.0948. The number of hydrogen-bond acceptors (Lipinski definition) is 6. The van der Waals surface area contributed by atoms with Gasteiger partial charge in [-0.3, -0.25) is 9.59 Å². The minimum absolute atomic E-state index is 0.0303. The average molecular weight is 450 g/mol. The van der Waals surface area contributed by atoms with Gasteiger partial charge in [0.05, 0.1) is 19.4 Å². The Morgan fingerprint density at radius 2 is 1.91 bits per heavy atom. The summed E-state index contributed by atoms with van der Waals surface area (Å²) < 4.78 is 8.90. The summed E-state index contributed by atoms with van der Waals surface area (Å²) in [6.07, 6.45) is 1.86. The van der Waals surface area contributed by atoms with Gasteiger partial charge in [-0.05, 0) is 24.3 Å². The molecule has 2 aromatic heterocycles. The first-order valence-electron chi connectivity index (χ1n) is 9.98. The number of carbonyl (C=O) groups excluding carboxylic acids is 2. The molecule has 0 spiro atoms. The van der Waals surface area contributed by atoms with Crippen LogP contribution in [0.3, 0.4) is 0 Å². The van der Waals surface area contributed by atoms with Crippen molar-refractivity contribution in [2.75, 3.05) is 12.9 Å². The first-order chi connectivity index (χ1) is 15.5. The number of Topliss-reactive ketones (excluding diaryl/α,β-unsaturated/α-hetero) is 1. The summed E-state index contributed by atoms with van der Waals surface area (Å²) in [5, 5.41) is 12.7. The molecule has 0 fully saturated rings. The van der Waals surface area contributed by atoms with E-state index in [9.17, 15) is 9.59 Å². The van der Waals surface area contributed by atoms with Gasteiger partial charge in [-0.2, -0.15) is 0 Å². The van der Waals surface area contributed by atoms with Gasteiger partial charge >= 0.3 is 0 Å². The lowest BCUT2D eigenvalue weighted by Gasteiger charge is -2.07. The third kappa shape index (κ3) is 4.38. The van der Waals surface area contributed by atoms with E-state index >= 15 is 0 Å². The molecule has 0 bridgehead atoms. The van der Waals surface area contributed by atoms with Crippen LogP contribution in [0.4, 0.5) is 0 Å². The van der Waals surface area contributed by atoms with Crippen molar-refractivity contribution < 1.29 is 14.3 Å². The van der Waals surface area contributed by atoms with Gasteiger partial charge in [0, 0.05) is 42.3 Å². The average Bonchev–Trinajstić information content (AvgIpc) is 3.35. The fraction of sp³-hybridized carbons (Fsp3) is 0.217. The maximum Gasteiger partial charge on any atom is 0.251 e. The molecule has 0 atom stereocenters. The summed E-state index contributed by atoms with van der Waals surface area (Å²) in [5.41, 5.74) is 2.22. The number of aryl methyl sites for hydroxylation is 1. The van der Waals surface area contributed by atoms with E-state index in [1.807, 2.05) is 49.1 Å². The summed E-state index contributed by atoms with van der Waals surface area (Å²) in [6.45, 7) is 0.220. The fourth-order valence-corrected chi connectivity index (χ4v) is 4.24. The number of benzene rings is 2. The number of fused-ring (bicyclic) bond motifs is 1. The Balaban J connectivity index is 1.38. The predicted octanol–water partition coefficient (Wildman–Crippen LogP) is 3.22. The van der Waals surface area contributed by atoms with E-state index in [4.69, 9.17) is 4.74 Å². The lowest BCUT2D eigenvalue weighted by Crippen LogP contribution is -2.24. The first-order valence-corrected chi connectivity index (χ1v) is 11.0. The summed E-state index contributed by atoms with van der Waals surface area (Å²) in [6, 6.07) is 14.8. The SMILES string of the molecule is COc1cccc(C(=O)NCc2nnc(SCC(=O)c3cn(C)c4ccccc34)n2C)c1. The maximum absolute atomic E-state index is 12.8. The van der Waals surface area contributed by atoms with E-state index in [1.54, 1.807) is 35.9 Å². The summed E-state index contributed by atoms with van der Waals surface area (Å²) >= 11 is 1.33. The number of methoxy groups -OCH3 is 1. The number of para-hydroxylation sites is 1. The number of aromatic nitrogens is 4. The number of nitrogens with one attached hydrogen (secondary N) is 1. The number of nitrogens with zero attached hydrogens (tertiary/aromatic N) is 4. The molecular weight excluding hydrogens is 426 g/mol. The van der Waals surface area contributed by atoms with E-state index in [-0.39, 0.29) is 24.0 Å². The Kier molecular flexibility index (Phi) is 6.27. The van der Waals surface area contributed by atoms with Crippen molar-refractivity contribution >= 4 is 34.4 Å². The standard InChI is InChI=1S/C23H23N5O3S/c1-27-13-18(17-9-4-5-10-19(17)27)20(29)14-32-23-26-25-21(28(23)2)12-24-22(30)15-7-6-8-16(11-15)31-3/h4-11,13H,12,14H2,1-3H3,(H,24,30). The molecule has 0 saturated heterocycles. The van der Waals surface area contributed by atoms with Crippen LogP contribution in [0.5, 0.6) is 5.75 Å². The van der Waals surface area contributed by atoms with E-state index in [1.165, 1.54) is 11.8 Å². The van der Waals surface area contributed by atoms with Crippen LogP contribution in [0, 0.1) is 0 Å². The molecule has 1 amide bonds. The van der Waals surface area contributed by atoms with Crippen molar-refractivity contribution in [3.05, 3.63) is 71.7 Å². The molecule has 4 aromatic rings. The zero-order valence-electron chi connectivity index (χ0n) is 18.0. The monoisotopic (exact) mass is 449 g/mol. The van der Waals surface area contributed by atoms with Crippen molar-refractivity contribution in [1.82, 2.24) is 24.6 Å². The summed E-state index contributed by atoms with van der Waals surface area (Å²) in [7, 11) is 5.31. The highest BCUT2D eigenvalue weighted by atomic mass is 32.2. The second kappa shape index (κ2) is 9.27. The van der Waals surface area contributed by atoms with E-state index in [0.717, 1.165) is 10.9 Å². The van der Waals surface area contributed by atoms with E-state index in [2.05, 4.69) is 15.5 Å². The van der Waals surface area contributed by atoms with Crippen molar-refractivity contribution in [3.63, 3.8) is 0 Å². The van der Waals surface area contributed by atoms with Gasteiger partial charge in [-0.15, -0.1) is 10.2 Å². The van der Waals surface area contributed by atoms with Crippen LogP contribution in [0.25, 0.3) is 10.9 Å². The van der Waals surface area contributed by atoms with Crippen molar-refractivity contribution in [2.24, 2.45) is 14.1 Å². The molecule has 0 unspecified atom stereocenters. The highest BCUT2D eigenvalue weighted by molar-refractivity contribution is 7.99. The van der Waals surface area contributed by atoms with Crippen LogP contribution >= 0.6 is 11.8 Å². The van der Waals surface area contributed by atoms with Crippen LogP contribution in [-0.4, -0.2) is 43.9 Å². The number of rotatable bonds is 8. The maximum atomic E-state index is 12.8. The number of ketones is 1. The van der Waals surface area contributed by atoms with Crippen LogP contribution < -0.4 is 10.1 Å². The number of thioether (sulfide) groups is 1. The quantitative estimate of drug-likeness (QED) is 0.328. The number of carbonyl (C=O) groups is 2. The van der Waals surface area contributed by atoms with E-state index in [0.29, 0.717) is 27.9 Å². The lowest BCUT2D eigenvalue weighted by atomic mass is 10.1. The molecule has 2 heterocycles. The van der Waals surface area contributed by atoms with Gasteiger partial charge in [0.1, 0.15) is 5.75 Å². The van der Waals surface area contributed by atoms with Gasteiger partial charge < -0.3 is 19.2 Å². The normalized spacial score (nSPS) is 11.0. The molecule has 164 valence electrons. The Morgan fingerprint density at radius 3 is 2.72 bits per heavy atom. The molecule has 2 aromatic carbocycles. The highest BCUT2D eigenvalue weighted by Gasteiger charge is 2.17. The molecule has 8 nitrogen and oxygen atoms in total. The molecule has 0 aliphatic heterocycles. The molecule has 0 aliphatic carbocycles. The molecular formula is C23H23N5O3S. The zero-order valence-corrected chi connectivity index (χ0v) is 18.8. The smallest absolute Gasteiger partial charge is 0.251 e. The van der Waals surface area contributed by atoms with Crippen LogP contribution in [-0.2, 0) is 20.6 Å². The van der Waals surface area contributed by atoms with Crippen LogP contribution in [0.1, 0.15) is 26.5 Å². The topological polar surface area (TPSA) is 91.0 Å². The molecule has 32 heavy (non-hydrogen) atoms. The Bertz CT molecular complexity index is 1290.